The molecule has 11 heteroatoms. The lowest BCUT2D eigenvalue weighted by Gasteiger charge is -2.14. The van der Waals surface area contributed by atoms with E-state index in [-0.39, 0.29) is 18.3 Å². The zero-order valence-corrected chi connectivity index (χ0v) is 14.4. The van der Waals surface area contributed by atoms with Gasteiger partial charge in [-0.1, -0.05) is 6.07 Å². The Hall–Kier alpha value is -1.88. The molecule has 1 aromatic rings. The number of rotatable bonds is 3. The Morgan fingerprint density at radius 3 is 2.07 bits per heavy atom. The first-order valence-corrected chi connectivity index (χ1v) is 8.36. The maximum Gasteiger partial charge on any atom is 0.490 e. The minimum atomic E-state index is -5.08. The van der Waals surface area contributed by atoms with Gasteiger partial charge in [-0.2, -0.15) is 26.3 Å². The molecule has 0 aromatic heterocycles. The fourth-order valence-corrected chi connectivity index (χ4v) is 3.30. The summed E-state index contributed by atoms with van der Waals surface area (Å²) in [4.78, 5) is 8.90. The molecule has 158 valence electrons. The van der Waals surface area contributed by atoms with E-state index >= 15 is 0 Å². The van der Waals surface area contributed by atoms with E-state index in [2.05, 4.69) is 5.32 Å². The monoisotopic (exact) mass is 417 g/mol. The first-order chi connectivity index (χ1) is 12.9. The molecule has 1 aromatic carbocycles. The van der Waals surface area contributed by atoms with Crippen LogP contribution in [0, 0.1) is 17.7 Å². The van der Waals surface area contributed by atoms with Crippen molar-refractivity contribution in [2.45, 2.75) is 37.9 Å². The minimum Gasteiger partial charge on any atom is -0.475 e. The Balaban J connectivity index is 0.000000345. The highest BCUT2D eigenvalue weighted by Crippen LogP contribution is 2.36. The molecule has 2 aliphatic rings. The fraction of sp³-hybridized carbons (Fsp3) is 0.588. The minimum absolute atomic E-state index is 0.0293. The predicted molar refractivity (Wildman–Crippen MR) is 82.8 cm³/mol. The summed E-state index contributed by atoms with van der Waals surface area (Å²) in [7, 11) is 0. The molecular weight excluding hydrogens is 399 g/mol. The van der Waals surface area contributed by atoms with Crippen LogP contribution in [-0.4, -0.2) is 36.4 Å². The molecule has 2 atom stereocenters. The van der Waals surface area contributed by atoms with Crippen molar-refractivity contribution in [3.05, 3.63) is 35.1 Å². The van der Waals surface area contributed by atoms with E-state index in [0.29, 0.717) is 17.9 Å². The van der Waals surface area contributed by atoms with Crippen LogP contribution in [0.15, 0.2) is 18.2 Å². The van der Waals surface area contributed by atoms with Crippen molar-refractivity contribution < 1.29 is 45.4 Å². The van der Waals surface area contributed by atoms with Gasteiger partial charge in [-0.3, -0.25) is 0 Å². The number of carbonyl (C=O) groups is 1. The molecule has 1 aliphatic heterocycles. The first-order valence-electron chi connectivity index (χ1n) is 8.36. The predicted octanol–water partition coefficient (Wildman–Crippen LogP) is 3.99. The van der Waals surface area contributed by atoms with Crippen LogP contribution in [0.25, 0.3) is 0 Å². The first kappa shape index (κ1) is 22.4. The summed E-state index contributed by atoms with van der Waals surface area (Å²) in [5.41, 5.74) is -0.789. The second kappa shape index (κ2) is 8.64. The Labute approximate surface area is 155 Å². The topological polar surface area (TPSA) is 58.6 Å². The summed E-state index contributed by atoms with van der Waals surface area (Å²) in [6.07, 6.45) is -7.63. The van der Waals surface area contributed by atoms with Gasteiger partial charge in [-0.25, -0.2) is 9.18 Å². The van der Waals surface area contributed by atoms with Gasteiger partial charge < -0.3 is 15.2 Å². The van der Waals surface area contributed by atoms with Gasteiger partial charge in [0.15, 0.2) is 0 Å². The number of fused-ring (bicyclic) bond motifs is 1. The van der Waals surface area contributed by atoms with Crippen LogP contribution in [0.1, 0.15) is 24.0 Å². The fourth-order valence-electron chi connectivity index (χ4n) is 3.30. The number of ether oxygens (including phenoxy) is 1. The van der Waals surface area contributed by atoms with Gasteiger partial charge in [0.25, 0.3) is 0 Å². The average molecular weight is 417 g/mol. The van der Waals surface area contributed by atoms with Crippen molar-refractivity contribution in [1.29, 1.82) is 0 Å². The van der Waals surface area contributed by atoms with Crippen molar-refractivity contribution >= 4 is 5.97 Å². The second-order valence-electron chi connectivity index (χ2n) is 6.69. The maximum absolute atomic E-state index is 13.7. The SMILES string of the molecule is Fc1cc(C(F)(F)F)ccc1COC1CC2CNCC2C1.O=C(O)C(F)(F)F. The molecule has 2 unspecified atom stereocenters. The lowest BCUT2D eigenvalue weighted by Crippen LogP contribution is -2.21. The molecule has 1 aliphatic carbocycles. The lowest BCUT2D eigenvalue weighted by molar-refractivity contribution is -0.192. The Kier molecular flexibility index (Phi) is 6.92. The van der Waals surface area contributed by atoms with E-state index in [4.69, 9.17) is 14.6 Å². The lowest BCUT2D eigenvalue weighted by atomic mass is 10.0. The zero-order chi connectivity index (χ0) is 21.1. The van der Waals surface area contributed by atoms with E-state index < -0.39 is 29.7 Å². The average Bonchev–Trinajstić information content (AvgIpc) is 3.13. The van der Waals surface area contributed by atoms with Crippen LogP contribution in [-0.2, 0) is 22.3 Å². The highest BCUT2D eigenvalue weighted by molar-refractivity contribution is 5.73. The van der Waals surface area contributed by atoms with Gasteiger partial charge in [-0.15, -0.1) is 0 Å². The van der Waals surface area contributed by atoms with Crippen molar-refractivity contribution in [2.75, 3.05) is 13.1 Å². The number of carboxylic acids is 1. The van der Waals surface area contributed by atoms with Gasteiger partial charge in [-0.05, 0) is 49.9 Å². The summed E-state index contributed by atoms with van der Waals surface area (Å²) >= 11 is 0. The van der Waals surface area contributed by atoms with E-state index in [1.54, 1.807) is 0 Å². The van der Waals surface area contributed by atoms with Crippen molar-refractivity contribution in [3.63, 3.8) is 0 Å². The third-order valence-corrected chi connectivity index (χ3v) is 4.71. The van der Waals surface area contributed by atoms with Gasteiger partial charge in [0, 0.05) is 5.56 Å². The third-order valence-electron chi connectivity index (χ3n) is 4.71. The maximum atomic E-state index is 13.7. The molecule has 0 radical (unpaired) electrons. The quantitative estimate of drug-likeness (QED) is 0.731. The number of hydrogen-bond acceptors (Lipinski definition) is 3. The molecule has 4 nitrogen and oxygen atoms in total. The van der Waals surface area contributed by atoms with Gasteiger partial charge in [0.1, 0.15) is 5.82 Å². The number of carboxylic acid groups (broad SMARTS) is 1. The summed E-state index contributed by atoms with van der Waals surface area (Å²) in [5, 5.41) is 10.5. The Morgan fingerprint density at radius 2 is 1.64 bits per heavy atom. The summed E-state index contributed by atoms with van der Waals surface area (Å²) < 4.78 is 88.5. The third kappa shape index (κ3) is 6.06. The smallest absolute Gasteiger partial charge is 0.475 e. The summed E-state index contributed by atoms with van der Waals surface area (Å²) in [6, 6.07) is 2.59. The number of hydrogen-bond donors (Lipinski definition) is 2. The van der Waals surface area contributed by atoms with Crippen molar-refractivity contribution in [1.82, 2.24) is 5.32 Å². The van der Waals surface area contributed by atoms with Crippen LogP contribution in [0.2, 0.25) is 0 Å². The molecule has 1 saturated carbocycles. The molecule has 2 fully saturated rings. The molecule has 0 spiro atoms. The number of nitrogens with one attached hydrogen (secondary N) is 1. The Morgan fingerprint density at radius 1 is 1.11 bits per heavy atom. The van der Waals surface area contributed by atoms with Crippen LogP contribution in [0.4, 0.5) is 30.7 Å². The number of aliphatic carboxylic acids is 1. The second-order valence-corrected chi connectivity index (χ2v) is 6.69. The van der Waals surface area contributed by atoms with E-state index in [0.717, 1.165) is 38.1 Å². The van der Waals surface area contributed by atoms with Crippen LogP contribution in [0.5, 0.6) is 0 Å². The number of alkyl halides is 6. The zero-order valence-electron chi connectivity index (χ0n) is 14.4. The Bertz CT molecular complexity index is 678. The highest BCUT2D eigenvalue weighted by Gasteiger charge is 2.39. The van der Waals surface area contributed by atoms with E-state index in [1.807, 2.05) is 0 Å². The number of halogens is 7. The molecule has 3 rings (SSSR count). The summed E-state index contributed by atoms with van der Waals surface area (Å²) in [6.45, 7) is 2.03. The van der Waals surface area contributed by atoms with E-state index in [1.165, 1.54) is 0 Å². The van der Waals surface area contributed by atoms with Crippen LogP contribution < -0.4 is 5.32 Å². The number of benzene rings is 1. The normalized spacial score (nSPS) is 24.5. The van der Waals surface area contributed by atoms with Gasteiger partial charge >= 0.3 is 18.3 Å². The van der Waals surface area contributed by atoms with Gasteiger partial charge in [0.05, 0.1) is 18.3 Å². The molecular formula is C17H18F7NO3. The van der Waals surface area contributed by atoms with Crippen molar-refractivity contribution in [2.24, 2.45) is 11.8 Å². The largest absolute Gasteiger partial charge is 0.490 e. The molecule has 0 bridgehead atoms. The molecule has 1 saturated heterocycles. The standard InChI is InChI=1S/C15H17F4NO.C2HF3O2/c16-14-5-12(15(17,18)19)2-1-9(14)8-21-13-3-10-6-20-7-11(10)4-13;3-2(4,5)1(6)7/h1-2,5,10-11,13,20H,3-4,6-8H2;(H,6,7). The van der Waals surface area contributed by atoms with Crippen LogP contribution >= 0.6 is 0 Å². The molecule has 0 amide bonds. The molecule has 28 heavy (non-hydrogen) atoms. The summed E-state index contributed by atoms with van der Waals surface area (Å²) in [5.74, 6) is -2.38. The molecule has 1 heterocycles. The van der Waals surface area contributed by atoms with Gasteiger partial charge in [0.2, 0.25) is 0 Å². The van der Waals surface area contributed by atoms with E-state index in [9.17, 15) is 30.7 Å². The van der Waals surface area contributed by atoms with Crippen molar-refractivity contribution in [3.8, 4) is 0 Å². The van der Waals surface area contributed by atoms with Crippen LogP contribution in [0.3, 0.4) is 0 Å². The highest BCUT2D eigenvalue weighted by atomic mass is 19.4. The molecule has 2 N–H and O–H groups in total.